The Hall–Kier alpha value is -2.09. The third kappa shape index (κ3) is 3.72. The van der Waals surface area contributed by atoms with E-state index in [0.29, 0.717) is 10.6 Å². The molecule has 21 heavy (non-hydrogen) atoms. The molecule has 1 atom stereocenters. The van der Waals surface area contributed by atoms with E-state index in [1.54, 1.807) is 0 Å². The van der Waals surface area contributed by atoms with Crippen LogP contribution in [0.3, 0.4) is 0 Å². The molecule has 1 amide bonds. The number of hydrogen-bond donors (Lipinski definition) is 1. The van der Waals surface area contributed by atoms with E-state index >= 15 is 0 Å². The maximum Gasteiger partial charge on any atom is 0.416 e. The lowest BCUT2D eigenvalue weighted by atomic mass is 10.1. The smallest absolute Gasteiger partial charge is 0.370 e. The Morgan fingerprint density at radius 3 is 2.43 bits per heavy atom. The molecule has 1 aromatic rings. The monoisotopic (exact) mass is 303 g/mol. The summed E-state index contributed by atoms with van der Waals surface area (Å²) in [6, 6.07) is 4.04. The second-order valence-electron chi connectivity index (χ2n) is 4.57. The summed E-state index contributed by atoms with van der Waals surface area (Å²) in [4.78, 5) is 27.6. The van der Waals surface area contributed by atoms with Crippen LogP contribution in [-0.4, -0.2) is 28.3 Å². The molecule has 8 heteroatoms. The summed E-state index contributed by atoms with van der Waals surface area (Å²) >= 11 is 0. The number of hydroxylamine groups is 2. The van der Waals surface area contributed by atoms with E-state index in [9.17, 15) is 27.9 Å². The second kappa shape index (κ2) is 5.72. The summed E-state index contributed by atoms with van der Waals surface area (Å²) in [5.74, 6) is -1.34. The van der Waals surface area contributed by atoms with E-state index in [0.717, 1.165) is 24.3 Å². The molecular formula is C13H12F3NO4. The van der Waals surface area contributed by atoms with Gasteiger partial charge in [0, 0.05) is 12.8 Å². The first-order valence-electron chi connectivity index (χ1n) is 6.14. The molecule has 1 unspecified atom stereocenters. The first-order chi connectivity index (χ1) is 9.77. The van der Waals surface area contributed by atoms with Gasteiger partial charge >= 0.3 is 12.1 Å². The minimum absolute atomic E-state index is 0.0781. The third-order valence-electron chi connectivity index (χ3n) is 2.96. The van der Waals surface area contributed by atoms with Gasteiger partial charge in [-0.15, -0.1) is 5.06 Å². The van der Waals surface area contributed by atoms with Crippen LogP contribution in [0.2, 0.25) is 0 Å². The lowest BCUT2D eigenvalue weighted by Crippen LogP contribution is -2.35. The number of carbonyl (C=O) groups is 2. The van der Waals surface area contributed by atoms with E-state index in [1.807, 2.05) is 0 Å². The van der Waals surface area contributed by atoms with Crippen LogP contribution in [0.15, 0.2) is 24.3 Å². The minimum atomic E-state index is -4.44. The zero-order chi connectivity index (χ0) is 15.6. The molecule has 114 valence electrons. The summed E-state index contributed by atoms with van der Waals surface area (Å²) in [5, 5.41) is 9.99. The SMILES string of the molecule is O=C(Cc1ccc(C(F)(F)F)cc1)ON1C(=O)CCC1O. The van der Waals surface area contributed by atoms with Crippen molar-refractivity contribution in [3.63, 3.8) is 0 Å². The summed E-state index contributed by atoms with van der Waals surface area (Å²) in [6.45, 7) is 0. The zero-order valence-electron chi connectivity index (χ0n) is 10.8. The molecule has 0 spiro atoms. The van der Waals surface area contributed by atoms with Gasteiger partial charge in [0.2, 0.25) is 0 Å². The predicted molar refractivity (Wildman–Crippen MR) is 63.3 cm³/mol. The van der Waals surface area contributed by atoms with Gasteiger partial charge in [-0.1, -0.05) is 12.1 Å². The molecule has 1 aliphatic rings. The number of nitrogens with zero attached hydrogens (tertiary/aromatic N) is 1. The molecule has 0 radical (unpaired) electrons. The molecule has 0 aliphatic carbocycles. The maximum atomic E-state index is 12.4. The number of hydrogen-bond acceptors (Lipinski definition) is 4. The lowest BCUT2D eigenvalue weighted by molar-refractivity contribution is -0.220. The average molecular weight is 303 g/mol. The number of aliphatic hydroxyl groups excluding tert-OH is 1. The Balaban J connectivity index is 1.95. The highest BCUT2D eigenvalue weighted by molar-refractivity contribution is 5.80. The Bertz CT molecular complexity index is 541. The topological polar surface area (TPSA) is 66.8 Å². The van der Waals surface area contributed by atoms with Gasteiger partial charge in [-0.05, 0) is 17.7 Å². The molecule has 1 aromatic carbocycles. The molecule has 0 bridgehead atoms. The van der Waals surface area contributed by atoms with Gasteiger partial charge in [-0.2, -0.15) is 13.2 Å². The molecule has 5 nitrogen and oxygen atoms in total. The van der Waals surface area contributed by atoms with Crippen molar-refractivity contribution in [1.82, 2.24) is 5.06 Å². The van der Waals surface area contributed by atoms with Crippen molar-refractivity contribution in [3.05, 3.63) is 35.4 Å². The number of aliphatic hydroxyl groups is 1. The van der Waals surface area contributed by atoms with Crippen LogP contribution in [-0.2, 0) is 27.0 Å². The van der Waals surface area contributed by atoms with E-state index in [1.165, 1.54) is 0 Å². The molecule has 2 rings (SSSR count). The summed E-state index contributed by atoms with van der Waals surface area (Å²) in [5.41, 5.74) is -0.501. The maximum absolute atomic E-state index is 12.4. The number of alkyl halides is 3. The van der Waals surface area contributed by atoms with Gasteiger partial charge in [-0.3, -0.25) is 4.79 Å². The fourth-order valence-corrected chi connectivity index (χ4v) is 1.88. The molecule has 1 heterocycles. The Morgan fingerprint density at radius 1 is 1.33 bits per heavy atom. The van der Waals surface area contributed by atoms with Crippen LogP contribution in [0.5, 0.6) is 0 Å². The van der Waals surface area contributed by atoms with E-state index in [-0.39, 0.29) is 19.3 Å². The Morgan fingerprint density at radius 2 is 1.95 bits per heavy atom. The van der Waals surface area contributed by atoms with Gasteiger partial charge in [0.25, 0.3) is 5.91 Å². The fraction of sp³-hybridized carbons (Fsp3) is 0.385. The molecule has 1 aliphatic heterocycles. The Kier molecular flexibility index (Phi) is 4.17. The predicted octanol–water partition coefficient (Wildman–Crippen LogP) is 1.65. The van der Waals surface area contributed by atoms with E-state index < -0.39 is 29.8 Å². The highest BCUT2D eigenvalue weighted by Gasteiger charge is 2.33. The Labute approximate surface area is 117 Å². The van der Waals surface area contributed by atoms with Crippen LogP contribution in [0.25, 0.3) is 0 Å². The van der Waals surface area contributed by atoms with Crippen LogP contribution < -0.4 is 0 Å². The van der Waals surface area contributed by atoms with Crippen LogP contribution in [0.1, 0.15) is 24.0 Å². The van der Waals surface area contributed by atoms with Crippen LogP contribution >= 0.6 is 0 Å². The van der Waals surface area contributed by atoms with E-state index in [4.69, 9.17) is 4.84 Å². The van der Waals surface area contributed by atoms with Crippen molar-refractivity contribution in [2.45, 2.75) is 31.7 Å². The summed E-state index contributed by atoms with van der Waals surface area (Å²) in [6.07, 6.45) is -5.66. The second-order valence-corrected chi connectivity index (χ2v) is 4.57. The number of halogens is 3. The molecule has 1 fully saturated rings. The highest BCUT2D eigenvalue weighted by atomic mass is 19.4. The van der Waals surface area contributed by atoms with Crippen molar-refractivity contribution in [1.29, 1.82) is 0 Å². The molecule has 0 saturated carbocycles. The van der Waals surface area contributed by atoms with Gasteiger partial charge < -0.3 is 9.94 Å². The number of carbonyl (C=O) groups excluding carboxylic acids is 2. The number of benzene rings is 1. The lowest BCUT2D eigenvalue weighted by Gasteiger charge is -2.18. The van der Waals surface area contributed by atoms with Crippen molar-refractivity contribution in [2.24, 2.45) is 0 Å². The van der Waals surface area contributed by atoms with Gasteiger partial charge in [0.1, 0.15) is 0 Å². The van der Waals surface area contributed by atoms with E-state index in [2.05, 4.69) is 0 Å². The standard InChI is InChI=1S/C13H12F3NO4/c14-13(15,16)9-3-1-8(2-4-9)7-12(20)21-17-10(18)5-6-11(17)19/h1-4,10,18H,5-7H2. The molecule has 1 N–H and O–H groups in total. The van der Waals surface area contributed by atoms with Gasteiger partial charge in [-0.25, -0.2) is 4.79 Å². The third-order valence-corrected chi connectivity index (χ3v) is 2.96. The summed E-state index contributed by atoms with van der Waals surface area (Å²) < 4.78 is 37.1. The average Bonchev–Trinajstić information content (AvgIpc) is 2.70. The first-order valence-corrected chi connectivity index (χ1v) is 6.14. The van der Waals surface area contributed by atoms with Crippen molar-refractivity contribution in [2.75, 3.05) is 0 Å². The molecule has 1 saturated heterocycles. The molecule has 0 aromatic heterocycles. The van der Waals surface area contributed by atoms with Crippen molar-refractivity contribution in [3.8, 4) is 0 Å². The van der Waals surface area contributed by atoms with Crippen LogP contribution in [0.4, 0.5) is 13.2 Å². The highest BCUT2D eigenvalue weighted by Crippen LogP contribution is 2.29. The largest absolute Gasteiger partial charge is 0.416 e. The molecular weight excluding hydrogens is 291 g/mol. The van der Waals surface area contributed by atoms with Gasteiger partial charge in [0.05, 0.1) is 12.0 Å². The minimum Gasteiger partial charge on any atom is -0.370 e. The summed E-state index contributed by atoms with van der Waals surface area (Å²) in [7, 11) is 0. The zero-order valence-corrected chi connectivity index (χ0v) is 10.8. The number of rotatable bonds is 3. The van der Waals surface area contributed by atoms with Crippen molar-refractivity contribution >= 4 is 11.9 Å². The quantitative estimate of drug-likeness (QED) is 0.922. The number of amides is 1. The van der Waals surface area contributed by atoms with Crippen LogP contribution in [0, 0.1) is 0 Å². The first kappa shape index (κ1) is 15.3. The van der Waals surface area contributed by atoms with Crippen molar-refractivity contribution < 1.29 is 32.7 Å². The normalized spacial score (nSPS) is 19.0. The van der Waals surface area contributed by atoms with Gasteiger partial charge in [0.15, 0.2) is 6.23 Å². The fourth-order valence-electron chi connectivity index (χ4n) is 1.88.